The molecule has 1 fully saturated rings. The molecule has 2 aromatic rings. The fourth-order valence-corrected chi connectivity index (χ4v) is 4.98. The lowest BCUT2D eigenvalue weighted by Gasteiger charge is -2.44. The lowest BCUT2D eigenvalue weighted by atomic mass is 9.93. The summed E-state index contributed by atoms with van der Waals surface area (Å²) in [7, 11) is 1.67. The van der Waals surface area contributed by atoms with E-state index in [-0.39, 0.29) is 29.2 Å². The van der Waals surface area contributed by atoms with E-state index >= 15 is 0 Å². The van der Waals surface area contributed by atoms with Gasteiger partial charge in [-0.15, -0.1) is 0 Å². The van der Waals surface area contributed by atoms with Crippen LogP contribution in [0.5, 0.6) is 11.5 Å². The zero-order chi connectivity index (χ0) is 24.5. The number of hydrogen-bond donors (Lipinski definition) is 0. The second-order valence-electron chi connectivity index (χ2n) is 9.23. The van der Waals surface area contributed by atoms with Crippen LogP contribution in [0.2, 0.25) is 0 Å². The van der Waals surface area contributed by atoms with Crippen molar-refractivity contribution in [2.24, 2.45) is 0 Å². The van der Waals surface area contributed by atoms with Crippen molar-refractivity contribution in [1.29, 1.82) is 0 Å². The van der Waals surface area contributed by atoms with Crippen LogP contribution in [0.1, 0.15) is 68.9 Å². The molecule has 0 aliphatic carbocycles. The molecular formula is C26H34N2O6. The highest BCUT2D eigenvalue weighted by Crippen LogP contribution is 2.50. The molecule has 0 unspecified atom stereocenters. The molecule has 1 saturated heterocycles. The third-order valence-corrected chi connectivity index (χ3v) is 6.50. The number of rotatable bonds is 9. The first-order valence-corrected chi connectivity index (χ1v) is 12.0. The normalized spacial score (nSPS) is 17.6. The fourth-order valence-electron chi connectivity index (χ4n) is 4.98. The van der Waals surface area contributed by atoms with Crippen LogP contribution >= 0.6 is 0 Å². The zero-order valence-corrected chi connectivity index (χ0v) is 20.7. The number of carbonyl (C=O) groups excluding carboxylic acids is 1. The monoisotopic (exact) mass is 470 g/mol. The highest BCUT2D eigenvalue weighted by molar-refractivity contribution is 5.89. The van der Waals surface area contributed by atoms with Crippen molar-refractivity contribution in [3.05, 3.63) is 45.7 Å². The molecular weight excluding hydrogens is 436 g/mol. The molecule has 34 heavy (non-hydrogen) atoms. The maximum atomic E-state index is 13.0. The standard InChI is InChI=1S/C26H34N2O6/c1-6-32-23-14-18-17(13-24(23)34-12-8-11-31-5)20-9-10-26(3,4)28(20)27-16-19(25(30)33-7-2)22(29)15-21(18)27/h13-16,20H,6-12H2,1-5H3/t20-/m1/s1. The Balaban J connectivity index is 1.87. The van der Waals surface area contributed by atoms with Crippen LogP contribution in [0.3, 0.4) is 0 Å². The van der Waals surface area contributed by atoms with E-state index in [4.69, 9.17) is 18.9 Å². The van der Waals surface area contributed by atoms with E-state index in [1.165, 1.54) is 6.07 Å². The van der Waals surface area contributed by atoms with E-state index in [2.05, 4.69) is 24.9 Å². The SMILES string of the molecule is CCOC(=O)c1cn2c(cc1=O)-c1cc(OCC)c(OCCCOC)cc1[C@H]1CCC(C)(C)N12. The quantitative estimate of drug-likeness (QED) is 0.404. The van der Waals surface area contributed by atoms with Crippen molar-refractivity contribution in [1.82, 2.24) is 4.68 Å². The number of esters is 1. The van der Waals surface area contributed by atoms with Crippen LogP contribution in [0.4, 0.5) is 0 Å². The maximum Gasteiger partial charge on any atom is 0.343 e. The first-order valence-electron chi connectivity index (χ1n) is 12.0. The number of aromatic nitrogens is 1. The Kier molecular flexibility index (Phi) is 6.89. The van der Waals surface area contributed by atoms with Crippen LogP contribution < -0.4 is 19.9 Å². The van der Waals surface area contributed by atoms with Crippen LogP contribution in [0, 0.1) is 0 Å². The minimum absolute atomic E-state index is 0.0404. The van der Waals surface area contributed by atoms with Gasteiger partial charge in [-0.1, -0.05) is 0 Å². The smallest absolute Gasteiger partial charge is 0.343 e. The Bertz CT molecular complexity index is 1120. The molecule has 3 heterocycles. The molecule has 1 aromatic carbocycles. The summed E-state index contributed by atoms with van der Waals surface area (Å²) in [4.78, 5) is 25.4. The van der Waals surface area contributed by atoms with Gasteiger partial charge in [0.1, 0.15) is 5.56 Å². The highest BCUT2D eigenvalue weighted by Gasteiger charge is 2.45. The van der Waals surface area contributed by atoms with Gasteiger partial charge in [0.25, 0.3) is 0 Å². The maximum absolute atomic E-state index is 13.0. The van der Waals surface area contributed by atoms with Crippen molar-refractivity contribution >= 4 is 5.97 Å². The van der Waals surface area contributed by atoms with Crippen molar-refractivity contribution in [3.8, 4) is 22.8 Å². The molecule has 0 N–H and O–H groups in total. The van der Waals surface area contributed by atoms with E-state index in [0.29, 0.717) is 31.3 Å². The van der Waals surface area contributed by atoms with Gasteiger partial charge in [-0.3, -0.25) is 14.5 Å². The summed E-state index contributed by atoms with van der Waals surface area (Å²) in [5.41, 5.74) is 2.25. The number of ether oxygens (including phenoxy) is 4. The zero-order valence-electron chi connectivity index (χ0n) is 20.7. The summed E-state index contributed by atoms with van der Waals surface area (Å²) in [5, 5.41) is 2.27. The van der Waals surface area contributed by atoms with Gasteiger partial charge >= 0.3 is 5.97 Å². The number of pyridine rings is 1. The third-order valence-electron chi connectivity index (χ3n) is 6.50. The molecule has 0 spiro atoms. The van der Waals surface area contributed by atoms with Crippen molar-refractivity contribution in [3.63, 3.8) is 0 Å². The van der Waals surface area contributed by atoms with Gasteiger partial charge in [0, 0.05) is 38.0 Å². The van der Waals surface area contributed by atoms with Crippen LogP contribution in [0.25, 0.3) is 11.3 Å². The van der Waals surface area contributed by atoms with Gasteiger partial charge in [0.15, 0.2) is 16.9 Å². The predicted octanol–water partition coefficient (Wildman–Crippen LogP) is 4.07. The number of carbonyl (C=O) groups is 1. The summed E-state index contributed by atoms with van der Waals surface area (Å²) in [6, 6.07) is 5.62. The first-order chi connectivity index (χ1) is 16.3. The Morgan fingerprint density at radius 1 is 1.09 bits per heavy atom. The largest absolute Gasteiger partial charge is 0.490 e. The van der Waals surface area contributed by atoms with Gasteiger partial charge in [-0.05, 0) is 58.2 Å². The Hall–Kier alpha value is -3.00. The van der Waals surface area contributed by atoms with Crippen molar-refractivity contribution < 1.29 is 23.7 Å². The van der Waals surface area contributed by atoms with Crippen LogP contribution in [-0.2, 0) is 9.47 Å². The lowest BCUT2D eigenvalue weighted by molar-refractivity contribution is 0.0523. The van der Waals surface area contributed by atoms with Gasteiger partial charge in [0.2, 0.25) is 0 Å². The average Bonchev–Trinajstić information content (AvgIpc) is 3.12. The summed E-state index contributed by atoms with van der Waals surface area (Å²) in [5.74, 6) is 0.732. The van der Waals surface area contributed by atoms with E-state index < -0.39 is 5.97 Å². The molecule has 0 amide bonds. The number of hydrogen-bond acceptors (Lipinski definition) is 7. The average molecular weight is 471 g/mol. The summed E-state index contributed by atoms with van der Waals surface area (Å²) < 4.78 is 24.2. The topological polar surface area (TPSA) is 79.2 Å². The molecule has 2 aliphatic heterocycles. The number of fused-ring (bicyclic) bond motifs is 6. The summed E-state index contributed by atoms with van der Waals surface area (Å²) in [6.07, 6.45) is 4.32. The Labute approximate surface area is 200 Å². The van der Waals surface area contributed by atoms with E-state index in [1.54, 1.807) is 20.2 Å². The first kappa shape index (κ1) is 24.1. The molecule has 184 valence electrons. The predicted molar refractivity (Wildman–Crippen MR) is 130 cm³/mol. The Morgan fingerprint density at radius 2 is 1.85 bits per heavy atom. The Morgan fingerprint density at radius 3 is 2.56 bits per heavy atom. The molecule has 0 radical (unpaired) electrons. The molecule has 0 saturated carbocycles. The van der Waals surface area contributed by atoms with Crippen molar-refractivity contribution in [2.45, 2.75) is 58.5 Å². The van der Waals surface area contributed by atoms with E-state index in [1.807, 2.05) is 17.7 Å². The summed E-state index contributed by atoms with van der Waals surface area (Å²) in [6.45, 7) is 9.87. The van der Waals surface area contributed by atoms with Gasteiger partial charge in [0.05, 0.1) is 37.1 Å². The molecule has 0 bridgehead atoms. The van der Waals surface area contributed by atoms with Crippen molar-refractivity contribution in [2.75, 3.05) is 38.5 Å². The van der Waals surface area contributed by atoms with Crippen LogP contribution in [0.15, 0.2) is 29.2 Å². The minimum atomic E-state index is -0.600. The third kappa shape index (κ3) is 4.27. The minimum Gasteiger partial charge on any atom is -0.490 e. The molecule has 8 nitrogen and oxygen atoms in total. The van der Waals surface area contributed by atoms with Gasteiger partial charge in [-0.25, -0.2) is 4.79 Å². The number of benzene rings is 1. The molecule has 8 heteroatoms. The number of methoxy groups -OCH3 is 1. The lowest BCUT2D eigenvalue weighted by Crippen LogP contribution is -2.50. The van der Waals surface area contributed by atoms with Crippen LogP contribution in [-0.4, -0.2) is 49.7 Å². The highest BCUT2D eigenvalue weighted by atomic mass is 16.5. The van der Waals surface area contributed by atoms with E-state index in [9.17, 15) is 9.59 Å². The van der Waals surface area contributed by atoms with E-state index in [0.717, 1.165) is 36.1 Å². The molecule has 1 atom stereocenters. The second kappa shape index (κ2) is 9.70. The van der Waals surface area contributed by atoms with Gasteiger partial charge in [-0.2, -0.15) is 0 Å². The number of nitrogens with zero attached hydrogens (tertiary/aromatic N) is 2. The molecule has 1 aromatic heterocycles. The second-order valence-corrected chi connectivity index (χ2v) is 9.23. The van der Waals surface area contributed by atoms with Gasteiger partial charge < -0.3 is 18.9 Å². The summed E-state index contributed by atoms with van der Waals surface area (Å²) >= 11 is 0. The fraction of sp³-hybridized carbons (Fsp3) is 0.538. The molecule has 4 rings (SSSR count). The molecule has 2 aliphatic rings.